The molecule has 0 saturated carbocycles. The molecule has 2 nitrogen and oxygen atoms in total. The summed E-state index contributed by atoms with van der Waals surface area (Å²) in [7, 11) is 0. The predicted octanol–water partition coefficient (Wildman–Crippen LogP) is 8.39. The minimum absolute atomic E-state index is 0.197. The molecular formula is C52H28B2N2. The molecular weight excluding hydrogens is 674 g/mol. The van der Waals surface area contributed by atoms with Crippen molar-refractivity contribution >= 4 is 117 Å². The van der Waals surface area contributed by atoms with Gasteiger partial charge in [0.1, 0.15) is 0 Å². The van der Waals surface area contributed by atoms with Gasteiger partial charge in [-0.3, -0.25) is 0 Å². The number of aromatic nitrogens is 2. The lowest BCUT2D eigenvalue weighted by molar-refractivity contribution is 1.14. The molecule has 0 bridgehead atoms. The number of benzene rings is 10. The Kier molecular flexibility index (Phi) is 4.87. The average Bonchev–Trinajstić information content (AvgIpc) is 3.90. The van der Waals surface area contributed by atoms with E-state index in [9.17, 15) is 0 Å². The van der Waals surface area contributed by atoms with Crippen LogP contribution in [0.25, 0.3) is 98.6 Å². The fraction of sp³-hybridized carbons (Fsp3) is 0. The quantitative estimate of drug-likeness (QED) is 0.0924. The van der Waals surface area contributed by atoms with Gasteiger partial charge in [-0.05, 0) is 79.5 Å². The first-order valence-electron chi connectivity index (χ1n) is 19.8. The minimum atomic E-state index is 0.197. The molecule has 15 rings (SSSR count). The van der Waals surface area contributed by atoms with Crippen molar-refractivity contribution in [1.29, 1.82) is 0 Å². The third kappa shape index (κ3) is 3.10. The zero-order chi connectivity index (χ0) is 36.0. The lowest BCUT2D eigenvalue weighted by atomic mass is 9.22. The highest BCUT2D eigenvalue weighted by Gasteiger charge is 2.49. The van der Waals surface area contributed by atoms with Gasteiger partial charge in [0, 0.05) is 21.8 Å². The van der Waals surface area contributed by atoms with Crippen molar-refractivity contribution in [1.82, 2.24) is 8.97 Å². The van der Waals surface area contributed by atoms with Crippen LogP contribution in [0.2, 0.25) is 0 Å². The molecule has 10 aromatic carbocycles. The first-order chi connectivity index (χ1) is 27.8. The van der Waals surface area contributed by atoms with Crippen LogP contribution in [0, 0.1) is 0 Å². The Labute approximate surface area is 322 Å². The monoisotopic (exact) mass is 702 g/mol. The largest absolute Gasteiger partial charge is 0.306 e. The Balaban J connectivity index is 1.15. The van der Waals surface area contributed by atoms with Gasteiger partial charge >= 0.3 is 0 Å². The van der Waals surface area contributed by atoms with E-state index in [0.717, 1.165) is 0 Å². The van der Waals surface area contributed by atoms with Crippen LogP contribution in [0.3, 0.4) is 0 Å². The fourth-order valence-corrected chi connectivity index (χ4v) is 12.0. The van der Waals surface area contributed by atoms with Crippen LogP contribution in [0.4, 0.5) is 0 Å². The second-order valence-corrected chi connectivity index (χ2v) is 16.3. The van der Waals surface area contributed by atoms with E-state index >= 15 is 0 Å². The lowest BCUT2D eigenvalue weighted by Gasteiger charge is -2.31. The molecule has 0 aliphatic carbocycles. The van der Waals surface area contributed by atoms with Gasteiger partial charge in [-0.1, -0.05) is 172 Å². The molecule has 0 saturated heterocycles. The molecule has 3 aliphatic rings. The van der Waals surface area contributed by atoms with Gasteiger partial charge in [-0.25, -0.2) is 0 Å². The normalized spacial score (nSPS) is 13.6. The van der Waals surface area contributed by atoms with E-state index in [1.165, 1.54) is 131 Å². The highest BCUT2D eigenvalue weighted by molar-refractivity contribution is 7.15. The van der Waals surface area contributed by atoms with E-state index in [2.05, 4.69) is 179 Å². The highest BCUT2D eigenvalue weighted by Crippen LogP contribution is 2.44. The molecule has 0 radical (unpaired) electrons. The summed E-state index contributed by atoms with van der Waals surface area (Å²) < 4.78 is 5.07. The number of para-hydroxylation sites is 3. The minimum Gasteiger partial charge on any atom is -0.306 e. The van der Waals surface area contributed by atoms with Crippen LogP contribution in [-0.2, 0) is 0 Å². The third-order valence-electron chi connectivity index (χ3n) is 13.9. The second kappa shape index (κ2) is 9.60. The Hall–Kier alpha value is -7.03. The summed E-state index contributed by atoms with van der Waals surface area (Å²) in [5.74, 6) is 0. The number of fused-ring (bicyclic) bond motifs is 16. The maximum atomic E-state index is 2.58. The molecule has 4 heteroatoms. The molecule has 12 aromatic rings. The van der Waals surface area contributed by atoms with E-state index in [4.69, 9.17) is 0 Å². The van der Waals surface area contributed by atoms with Crippen molar-refractivity contribution in [2.75, 3.05) is 0 Å². The summed E-state index contributed by atoms with van der Waals surface area (Å²) in [5.41, 5.74) is 21.9. The average molecular weight is 702 g/mol. The predicted molar refractivity (Wildman–Crippen MR) is 240 cm³/mol. The second-order valence-electron chi connectivity index (χ2n) is 16.3. The topological polar surface area (TPSA) is 9.34 Å². The van der Waals surface area contributed by atoms with Crippen molar-refractivity contribution in [2.24, 2.45) is 0 Å². The molecule has 252 valence electrons. The number of hydrogen-bond donors (Lipinski definition) is 0. The first-order valence-corrected chi connectivity index (χ1v) is 19.8. The Morgan fingerprint density at radius 2 is 0.964 bits per heavy atom. The standard InChI is InChI=1S/C52H28B2N2/c1-2-11-31(12-3-1)55-44-20-10-16-37-34-15-6-9-19-43(34)56(51(37)44)45-28-30-21-23-38-46-29(22-24-39(47(30)46)52(45)55)27-42-48(38)54-41-18-8-5-14-33(41)36-26-25-35-32-13-4-7-17-40(32)53(42)49(35)50(36)54/h1-28H. The van der Waals surface area contributed by atoms with Crippen LogP contribution in [-0.4, -0.2) is 22.4 Å². The summed E-state index contributed by atoms with van der Waals surface area (Å²) in [4.78, 5) is 0. The molecule has 0 amide bonds. The highest BCUT2D eigenvalue weighted by atomic mass is 15.0. The molecule has 56 heavy (non-hydrogen) atoms. The summed E-state index contributed by atoms with van der Waals surface area (Å²) in [5, 5.41) is 10.6. The van der Waals surface area contributed by atoms with Crippen molar-refractivity contribution in [3.05, 3.63) is 170 Å². The molecule has 0 N–H and O–H groups in total. The number of nitrogens with zero attached hydrogens (tertiary/aromatic N) is 2. The molecule has 3 aliphatic heterocycles. The van der Waals surface area contributed by atoms with Crippen LogP contribution < -0.4 is 32.8 Å². The van der Waals surface area contributed by atoms with Gasteiger partial charge in [0.2, 0.25) is 13.4 Å². The van der Waals surface area contributed by atoms with E-state index < -0.39 is 0 Å². The van der Waals surface area contributed by atoms with Crippen LogP contribution in [0.1, 0.15) is 0 Å². The van der Waals surface area contributed by atoms with Gasteiger partial charge in [0.25, 0.3) is 0 Å². The van der Waals surface area contributed by atoms with Crippen LogP contribution in [0.15, 0.2) is 170 Å². The van der Waals surface area contributed by atoms with Crippen molar-refractivity contribution in [2.45, 2.75) is 0 Å². The zero-order valence-corrected chi connectivity index (χ0v) is 30.2. The van der Waals surface area contributed by atoms with Gasteiger partial charge in [-0.15, -0.1) is 0 Å². The molecule has 0 spiro atoms. The lowest BCUT2D eigenvalue weighted by Crippen LogP contribution is -2.72. The van der Waals surface area contributed by atoms with E-state index in [1.807, 2.05) is 0 Å². The van der Waals surface area contributed by atoms with E-state index in [0.29, 0.717) is 0 Å². The van der Waals surface area contributed by atoms with Crippen molar-refractivity contribution in [3.8, 4) is 27.9 Å². The van der Waals surface area contributed by atoms with Gasteiger partial charge in [0.15, 0.2) is 0 Å². The van der Waals surface area contributed by atoms with E-state index in [-0.39, 0.29) is 13.4 Å². The molecule has 0 atom stereocenters. The van der Waals surface area contributed by atoms with Crippen LogP contribution in [0.5, 0.6) is 0 Å². The molecule has 5 heterocycles. The maximum absolute atomic E-state index is 2.58. The molecule has 0 fully saturated rings. The first kappa shape index (κ1) is 28.4. The smallest absolute Gasteiger partial charge is 0.242 e. The van der Waals surface area contributed by atoms with Gasteiger partial charge < -0.3 is 8.97 Å². The number of hydrogen-bond acceptors (Lipinski definition) is 0. The summed E-state index contributed by atoms with van der Waals surface area (Å²) in [6.45, 7) is 0.420. The zero-order valence-electron chi connectivity index (χ0n) is 30.2. The maximum Gasteiger partial charge on any atom is 0.242 e. The molecule has 2 aromatic heterocycles. The van der Waals surface area contributed by atoms with Crippen molar-refractivity contribution in [3.63, 3.8) is 0 Å². The third-order valence-corrected chi connectivity index (χ3v) is 13.9. The van der Waals surface area contributed by atoms with Gasteiger partial charge in [-0.2, -0.15) is 0 Å². The Morgan fingerprint density at radius 3 is 1.79 bits per heavy atom. The Morgan fingerprint density at radius 1 is 0.339 bits per heavy atom. The van der Waals surface area contributed by atoms with Gasteiger partial charge in [0.05, 0.1) is 27.6 Å². The van der Waals surface area contributed by atoms with Crippen LogP contribution >= 0.6 is 0 Å². The van der Waals surface area contributed by atoms with E-state index in [1.54, 1.807) is 0 Å². The summed E-state index contributed by atoms with van der Waals surface area (Å²) in [6.07, 6.45) is 0. The van der Waals surface area contributed by atoms with Crippen molar-refractivity contribution < 1.29 is 0 Å². The molecule has 0 unspecified atom stereocenters. The Bertz CT molecular complexity index is 3780. The fourth-order valence-electron chi connectivity index (χ4n) is 12.0. The SMILES string of the molecule is c1ccc(-n2c3cccc4c5ccccc5n(c5cc6ccc7c8c(cc9ccc(c6c97)c52)B2c5ccccc5-c5ccc6c(c52)B8c2ccccc2-6)c43)cc1. The number of rotatable bonds is 1. The summed E-state index contributed by atoms with van der Waals surface area (Å²) in [6, 6.07) is 64.7. The summed E-state index contributed by atoms with van der Waals surface area (Å²) >= 11 is 0.